The van der Waals surface area contributed by atoms with Crippen molar-refractivity contribution in [2.75, 3.05) is 18.0 Å². The molecule has 0 fully saturated rings. The van der Waals surface area contributed by atoms with Crippen molar-refractivity contribution < 1.29 is 9.59 Å². The highest BCUT2D eigenvalue weighted by Crippen LogP contribution is 2.31. The third-order valence-electron chi connectivity index (χ3n) is 2.73. The van der Waals surface area contributed by atoms with Gasteiger partial charge >= 0.3 is 6.03 Å². The van der Waals surface area contributed by atoms with Crippen molar-refractivity contribution in [3.8, 4) is 0 Å². The summed E-state index contributed by atoms with van der Waals surface area (Å²) in [7, 11) is 0. The normalized spacial score (nSPS) is 10.5. The van der Waals surface area contributed by atoms with E-state index < -0.39 is 6.03 Å². The van der Waals surface area contributed by atoms with E-state index in [1.54, 1.807) is 12.1 Å². The first kappa shape index (κ1) is 14.3. The molecular formula is C13H15N4O2S. The molecule has 0 aliphatic rings. The number of primary amides is 1. The Balaban J connectivity index is 2.51. The fourth-order valence-corrected chi connectivity index (χ4v) is 2.93. The molecule has 2 aromatic rings. The standard InChI is InChI=1S/C13H15N4O2S/c1-3-15-11(18)8-6-5-7-9-10(8)20-13(16-9)17(4-2)12(14)19/h6-7H,3-4H2,1-2H3,(H2,14,19)(H,15,18). The van der Waals surface area contributed by atoms with Crippen molar-refractivity contribution >= 4 is 38.6 Å². The molecule has 0 aliphatic heterocycles. The van der Waals surface area contributed by atoms with Crippen molar-refractivity contribution in [2.24, 2.45) is 5.73 Å². The minimum atomic E-state index is -0.560. The Labute approximate surface area is 120 Å². The van der Waals surface area contributed by atoms with E-state index >= 15 is 0 Å². The van der Waals surface area contributed by atoms with Crippen LogP contribution in [-0.2, 0) is 0 Å². The number of benzene rings is 1. The number of hydrogen-bond donors (Lipinski definition) is 2. The number of nitrogens with two attached hydrogens (primary N) is 1. The van der Waals surface area contributed by atoms with Crippen LogP contribution in [0.3, 0.4) is 0 Å². The largest absolute Gasteiger partial charge is 0.352 e. The van der Waals surface area contributed by atoms with Crippen LogP contribution in [0.2, 0.25) is 0 Å². The van der Waals surface area contributed by atoms with Crippen LogP contribution in [-0.4, -0.2) is 30.0 Å². The zero-order valence-corrected chi connectivity index (χ0v) is 12.1. The number of anilines is 1. The number of fused-ring (bicyclic) bond motifs is 1. The smallest absolute Gasteiger partial charge is 0.321 e. The predicted octanol–water partition coefficient (Wildman–Crippen LogP) is 1.75. The molecule has 2 rings (SSSR count). The zero-order chi connectivity index (χ0) is 14.7. The zero-order valence-electron chi connectivity index (χ0n) is 11.3. The van der Waals surface area contributed by atoms with Gasteiger partial charge in [0, 0.05) is 13.1 Å². The second-order valence-electron chi connectivity index (χ2n) is 4.02. The second kappa shape index (κ2) is 5.87. The summed E-state index contributed by atoms with van der Waals surface area (Å²) in [5.74, 6) is -0.174. The summed E-state index contributed by atoms with van der Waals surface area (Å²) in [4.78, 5) is 29.0. The lowest BCUT2D eigenvalue weighted by Crippen LogP contribution is -2.35. The second-order valence-corrected chi connectivity index (χ2v) is 5.00. The Morgan fingerprint density at radius 1 is 1.45 bits per heavy atom. The van der Waals surface area contributed by atoms with Crippen molar-refractivity contribution in [3.63, 3.8) is 0 Å². The van der Waals surface area contributed by atoms with Crippen molar-refractivity contribution in [1.29, 1.82) is 0 Å². The fourth-order valence-electron chi connectivity index (χ4n) is 1.81. The number of nitrogens with zero attached hydrogens (tertiary/aromatic N) is 2. The quantitative estimate of drug-likeness (QED) is 0.899. The first-order chi connectivity index (χ1) is 9.58. The maximum atomic E-state index is 12.0. The van der Waals surface area contributed by atoms with Gasteiger partial charge in [-0.05, 0) is 32.0 Å². The molecule has 0 saturated heterocycles. The van der Waals surface area contributed by atoms with Gasteiger partial charge in [-0.25, -0.2) is 9.78 Å². The van der Waals surface area contributed by atoms with E-state index in [0.717, 1.165) is 4.70 Å². The highest BCUT2D eigenvalue weighted by Gasteiger charge is 2.18. The number of urea groups is 1. The summed E-state index contributed by atoms with van der Waals surface area (Å²) in [5, 5.41) is 3.23. The molecule has 6 nitrogen and oxygen atoms in total. The minimum absolute atomic E-state index is 0.174. The Morgan fingerprint density at radius 3 is 2.80 bits per heavy atom. The molecule has 0 aliphatic carbocycles. The van der Waals surface area contributed by atoms with Gasteiger partial charge in [0.2, 0.25) is 0 Å². The average Bonchev–Trinajstić information content (AvgIpc) is 2.82. The molecule has 105 valence electrons. The van der Waals surface area contributed by atoms with E-state index in [1.165, 1.54) is 16.2 Å². The van der Waals surface area contributed by atoms with E-state index in [4.69, 9.17) is 5.73 Å². The van der Waals surface area contributed by atoms with E-state index in [1.807, 2.05) is 13.8 Å². The number of carbonyl (C=O) groups excluding carboxylic acids is 2. The SMILES string of the molecule is CCNC(=O)c1c[c]cc2nc(N(CC)C(N)=O)sc12. The van der Waals surface area contributed by atoms with Crippen LogP contribution in [0.15, 0.2) is 12.1 Å². The number of thiazole rings is 1. The summed E-state index contributed by atoms with van der Waals surface area (Å²) in [5.41, 5.74) is 6.45. The average molecular weight is 291 g/mol. The number of nitrogens with one attached hydrogen (secondary N) is 1. The van der Waals surface area contributed by atoms with E-state index in [-0.39, 0.29) is 5.91 Å². The van der Waals surface area contributed by atoms with Gasteiger partial charge in [0.15, 0.2) is 5.13 Å². The summed E-state index contributed by atoms with van der Waals surface area (Å²) in [6.45, 7) is 4.64. The van der Waals surface area contributed by atoms with Crippen LogP contribution in [0.25, 0.3) is 10.2 Å². The molecule has 0 saturated carbocycles. The van der Waals surface area contributed by atoms with Gasteiger partial charge in [0.25, 0.3) is 5.91 Å². The molecular weight excluding hydrogens is 276 g/mol. The van der Waals surface area contributed by atoms with Gasteiger partial charge < -0.3 is 11.1 Å². The topological polar surface area (TPSA) is 88.3 Å². The maximum absolute atomic E-state index is 12.0. The van der Waals surface area contributed by atoms with Crippen molar-refractivity contribution in [3.05, 3.63) is 23.8 Å². The summed E-state index contributed by atoms with van der Waals surface area (Å²) in [6, 6.07) is 5.64. The number of rotatable bonds is 4. The van der Waals surface area contributed by atoms with Gasteiger partial charge in [-0.15, -0.1) is 0 Å². The molecule has 0 bridgehead atoms. The first-order valence-electron chi connectivity index (χ1n) is 6.24. The van der Waals surface area contributed by atoms with Crippen LogP contribution >= 0.6 is 11.3 Å². The lowest BCUT2D eigenvalue weighted by atomic mass is 10.2. The third-order valence-corrected chi connectivity index (χ3v) is 3.86. The van der Waals surface area contributed by atoms with Crippen LogP contribution < -0.4 is 16.0 Å². The molecule has 0 unspecified atom stereocenters. The summed E-state index contributed by atoms with van der Waals surface area (Å²) in [6.07, 6.45) is 0. The number of hydrogen-bond acceptors (Lipinski definition) is 4. The Hall–Kier alpha value is -2.15. The van der Waals surface area contributed by atoms with E-state index in [2.05, 4.69) is 16.4 Å². The number of carbonyl (C=O) groups is 2. The van der Waals surface area contributed by atoms with Gasteiger partial charge in [-0.3, -0.25) is 9.69 Å². The predicted molar refractivity (Wildman–Crippen MR) is 79.1 cm³/mol. The molecule has 1 aromatic heterocycles. The Kier molecular flexibility index (Phi) is 4.19. The van der Waals surface area contributed by atoms with Crippen LogP contribution in [0.5, 0.6) is 0 Å². The minimum Gasteiger partial charge on any atom is -0.352 e. The van der Waals surface area contributed by atoms with Gasteiger partial charge in [0.05, 0.1) is 15.8 Å². The molecule has 1 aromatic carbocycles. The van der Waals surface area contributed by atoms with E-state index in [9.17, 15) is 9.59 Å². The molecule has 1 heterocycles. The van der Waals surface area contributed by atoms with E-state index in [0.29, 0.717) is 29.3 Å². The van der Waals surface area contributed by atoms with Crippen LogP contribution in [0.4, 0.5) is 9.93 Å². The van der Waals surface area contributed by atoms with Gasteiger partial charge in [0.1, 0.15) is 0 Å². The molecule has 0 atom stereocenters. The third kappa shape index (κ3) is 2.57. The van der Waals surface area contributed by atoms with Gasteiger partial charge in [-0.2, -0.15) is 0 Å². The number of aromatic nitrogens is 1. The lowest BCUT2D eigenvalue weighted by Gasteiger charge is -2.13. The summed E-state index contributed by atoms with van der Waals surface area (Å²) < 4.78 is 0.726. The lowest BCUT2D eigenvalue weighted by molar-refractivity contribution is 0.0957. The van der Waals surface area contributed by atoms with Crippen LogP contribution in [0, 0.1) is 6.07 Å². The molecule has 20 heavy (non-hydrogen) atoms. The van der Waals surface area contributed by atoms with Crippen molar-refractivity contribution in [1.82, 2.24) is 10.3 Å². The molecule has 0 spiro atoms. The fraction of sp³-hybridized carbons (Fsp3) is 0.308. The molecule has 3 N–H and O–H groups in total. The Bertz CT molecular complexity index is 653. The Morgan fingerprint density at radius 2 is 2.20 bits per heavy atom. The maximum Gasteiger partial charge on any atom is 0.321 e. The van der Waals surface area contributed by atoms with Crippen molar-refractivity contribution in [2.45, 2.75) is 13.8 Å². The molecule has 3 amide bonds. The van der Waals surface area contributed by atoms with Gasteiger partial charge in [-0.1, -0.05) is 11.3 Å². The monoisotopic (exact) mass is 291 g/mol. The molecule has 7 heteroatoms. The first-order valence-corrected chi connectivity index (χ1v) is 7.05. The summed E-state index contributed by atoms with van der Waals surface area (Å²) >= 11 is 1.27. The number of amides is 3. The molecule has 1 radical (unpaired) electrons. The highest BCUT2D eigenvalue weighted by atomic mass is 32.1. The van der Waals surface area contributed by atoms with Crippen LogP contribution in [0.1, 0.15) is 24.2 Å². The highest BCUT2D eigenvalue weighted by molar-refractivity contribution is 7.22.